The molecule has 1 aliphatic rings. The highest BCUT2D eigenvalue weighted by Crippen LogP contribution is 2.22. The number of hydrogen-bond acceptors (Lipinski definition) is 4. The van der Waals surface area contributed by atoms with Gasteiger partial charge in [0.2, 0.25) is 5.88 Å². The lowest BCUT2D eigenvalue weighted by atomic mass is 10.2. The molecule has 0 radical (unpaired) electrons. The molecule has 1 saturated heterocycles. The molecule has 2 heterocycles. The van der Waals surface area contributed by atoms with Crippen LogP contribution in [0.1, 0.15) is 6.42 Å². The molecule has 1 N–H and O–H groups in total. The van der Waals surface area contributed by atoms with Crippen molar-refractivity contribution in [3.8, 4) is 5.88 Å². The summed E-state index contributed by atoms with van der Waals surface area (Å²) in [4.78, 5) is 8.42. The molecule has 1 aromatic heterocycles. The summed E-state index contributed by atoms with van der Waals surface area (Å²) < 4.78 is 5.87. The standard InChI is InChI=1S/C12H13N3O/c1-2-4-11-10(3-1)12(15-8-14-11)16-9-5-6-13-7-9/h1-4,8-9,13H,5-7H2. The van der Waals surface area contributed by atoms with Crippen LogP contribution in [0.4, 0.5) is 0 Å². The number of aromatic nitrogens is 2. The van der Waals surface area contributed by atoms with E-state index in [9.17, 15) is 0 Å². The zero-order valence-electron chi connectivity index (χ0n) is 8.89. The Kier molecular flexibility index (Phi) is 2.42. The third-order valence-corrected chi connectivity index (χ3v) is 2.80. The lowest BCUT2D eigenvalue weighted by Crippen LogP contribution is -2.20. The summed E-state index contributed by atoms with van der Waals surface area (Å²) >= 11 is 0. The van der Waals surface area contributed by atoms with E-state index in [1.54, 1.807) is 6.33 Å². The van der Waals surface area contributed by atoms with Crippen molar-refractivity contribution in [2.24, 2.45) is 0 Å². The Bertz CT molecular complexity index is 489. The van der Waals surface area contributed by atoms with Crippen LogP contribution < -0.4 is 10.1 Å². The molecule has 4 nitrogen and oxygen atoms in total. The van der Waals surface area contributed by atoms with Gasteiger partial charge < -0.3 is 10.1 Å². The SMILES string of the molecule is c1ccc2c(OC3CCNC3)ncnc2c1. The number of fused-ring (bicyclic) bond motifs is 1. The molecular weight excluding hydrogens is 202 g/mol. The van der Waals surface area contributed by atoms with Crippen LogP contribution in [-0.4, -0.2) is 29.2 Å². The number of nitrogens with zero attached hydrogens (tertiary/aromatic N) is 2. The lowest BCUT2D eigenvalue weighted by Gasteiger charge is -2.12. The molecule has 16 heavy (non-hydrogen) atoms. The van der Waals surface area contributed by atoms with E-state index in [0.717, 1.165) is 30.4 Å². The number of hydrogen-bond donors (Lipinski definition) is 1. The monoisotopic (exact) mass is 215 g/mol. The van der Waals surface area contributed by atoms with Crippen molar-refractivity contribution in [1.29, 1.82) is 0 Å². The van der Waals surface area contributed by atoms with Gasteiger partial charge in [-0.05, 0) is 25.1 Å². The fourth-order valence-corrected chi connectivity index (χ4v) is 1.96. The van der Waals surface area contributed by atoms with Crippen molar-refractivity contribution >= 4 is 10.9 Å². The van der Waals surface area contributed by atoms with Gasteiger partial charge in [-0.3, -0.25) is 0 Å². The van der Waals surface area contributed by atoms with E-state index >= 15 is 0 Å². The normalized spacial score (nSPS) is 20.1. The third-order valence-electron chi connectivity index (χ3n) is 2.80. The van der Waals surface area contributed by atoms with Crippen LogP contribution in [0.15, 0.2) is 30.6 Å². The molecule has 1 aromatic carbocycles. The zero-order valence-corrected chi connectivity index (χ0v) is 8.89. The van der Waals surface area contributed by atoms with Crippen molar-refractivity contribution in [2.75, 3.05) is 13.1 Å². The van der Waals surface area contributed by atoms with Crippen molar-refractivity contribution in [2.45, 2.75) is 12.5 Å². The first-order valence-corrected chi connectivity index (χ1v) is 5.50. The maximum absolute atomic E-state index is 5.87. The lowest BCUT2D eigenvalue weighted by molar-refractivity contribution is 0.217. The number of rotatable bonds is 2. The van der Waals surface area contributed by atoms with E-state index in [1.165, 1.54) is 0 Å². The summed E-state index contributed by atoms with van der Waals surface area (Å²) in [6.45, 7) is 1.92. The van der Waals surface area contributed by atoms with Gasteiger partial charge in [-0.15, -0.1) is 0 Å². The molecule has 1 aliphatic heterocycles. The predicted molar refractivity (Wildman–Crippen MR) is 61.4 cm³/mol. The average molecular weight is 215 g/mol. The topological polar surface area (TPSA) is 47.0 Å². The minimum absolute atomic E-state index is 0.235. The molecule has 4 heteroatoms. The number of nitrogens with one attached hydrogen (secondary N) is 1. The van der Waals surface area contributed by atoms with Crippen LogP contribution in [0.5, 0.6) is 5.88 Å². The Labute approximate surface area is 93.7 Å². The smallest absolute Gasteiger partial charge is 0.224 e. The van der Waals surface area contributed by atoms with Gasteiger partial charge in [0.05, 0.1) is 10.9 Å². The van der Waals surface area contributed by atoms with E-state index in [-0.39, 0.29) is 6.10 Å². The zero-order chi connectivity index (χ0) is 10.8. The van der Waals surface area contributed by atoms with E-state index in [0.29, 0.717) is 5.88 Å². The second kappa shape index (κ2) is 4.06. The highest BCUT2D eigenvalue weighted by atomic mass is 16.5. The molecule has 1 unspecified atom stereocenters. The largest absolute Gasteiger partial charge is 0.472 e. The van der Waals surface area contributed by atoms with Gasteiger partial charge in [-0.1, -0.05) is 12.1 Å². The van der Waals surface area contributed by atoms with Crippen molar-refractivity contribution in [3.05, 3.63) is 30.6 Å². The Balaban J connectivity index is 1.96. The van der Waals surface area contributed by atoms with Gasteiger partial charge in [0.25, 0.3) is 0 Å². The van der Waals surface area contributed by atoms with Gasteiger partial charge in [0.1, 0.15) is 12.4 Å². The number of ether oxygens (including phenoxy) is 1. The molecule has 0 spiro atoms. The molecule has 1 atom stereocenters. The Morgan fingerprint density at radius 2 is 2.19 bits per heavy atom. The Morgan fingerprint density at radius 1 is 1.25 bits per heavy atom. The van der Waals surface area contributed by atoms with Gasteiger partial charge in [-0.2, -0.15) is 0 Å². The second-order valence-electron chi connectivity index (χ2n) is 3.93. The highest BCUT2D eigenvalue weighted by molar-refractivity contribution is 5.82. The maximum atomic E-state index is 5.87. The molecule has 2 aromatic rings. The Morgan fingerprint density at radius 3 is 3.06 bits per heavy atom. The first-order chi connectivity index (χ1) is 7.93. The predicted octanol–water partition coefficient (Wildman–Crippen LogP) is 1.37. The van der Waals surface area contributed by atoms with Gasteiger partial charge in [-0.25, -0.2) is 9.97 Å². The van der Waals surface area contributed by atoms with Crippen LogP contribution in [0.2, 0.25) is 0 Å². The molecule has 3 rings (SSSR count). The van der Waals surface area contributed by atoms with Crippen LogP contribution in [0.25, 0.3) is 10.9 Å². The maximum Gasteiger partial charge on any atom is 0.224 e. The molecule has 0 amide bonds. The first-order valence-electron chi connectivity index (χ1n) is 5.50. The van der Waals surface area contributed by atoms with Crippen LogP contribution in [0.3, 0.4) is 0 Å². The summed E-state index contributed by atoms with van der Waals surface area (Å²) in [5.74, 6) is 0.694. The van der Waals surface area contributed by atoms with Gasteiger partial charge in [0.15, 0.2) is 0 Å². The van der Waals surface area contributed by atoms with Crippen molar-refractivity contribution < 1.29 is 4.74 Å². The van der Waals surface area contributed by atoms with Gasteiger partial charge >= 0.3 is 0 Å². The number of para-hydroxylation sites is 1. The molecule has 1 fully saturated rings. The Hall–Kier alpha value is -1.68. The van der Waals surface area contributed by atoms with E-state index < -0.39 is 0 Å². The minimum atomic E-state index is 0.235. The van der Waals surface area contributed by atoms with E-state index in [4.69, 9.17) is 4.74 Å². The van der Waals surface area contributed by atoms with E-state index in [1.807, 2.05) is 24.3 Å². The van der Waals surface area contributed by atoms with Gasteiger partial charge in [0, 0.05) is 6.54 Å². The fourth-order valence-electron chi connectivity index (χ4n) is 1.96. The van der Waals surface area contributed by atoms with Crippen LogP contribution in [-0.2, 0) is 0 Å². The summed E-state index contributed by atoms with van der Waals surface area (Å²) in [5, 5.41) is 4.26. The summed E-state index contributed by atoms with van der Waals surface area (Å²) in [7, 11) is 0. The second-order valence-corrected chi connectivity index (χ2v) is 3.93. The summed E-state index contributed by atoms with van der Waals surface area (Å²) in [6, 6.07) is 7.91. The third kappa shape index (κ3) is 1.72. The van der Waals surface area contributed by atoms with Crippen molar-refractivity contribution in [3.63, 3.8) is 0 Å². The summed E-state index contributed by atoms with van der Waals surface area (Å²) in [6.07, 6.45) is 2.83. The van der Waals surface area contributed by atoms with Crippen LogP contribution in [0, 0.1) is 0 Å². The minimum Gasteiger partial charge on any atom is -0.472 e. The molecule has 0 bridgehead atoms. The number of benzene rings is 1. The average Bonchev–Trinajstić information content (AvgIpc) is 2.82. The molecule has 82 valence electrons. The first kappa shape index (κ1) is 9.54. The quantitative estimate of drug-likeness (QED) is 0.822. The molecule has 0 aliphatic carbocycles. The van der Waals surface area contributed by atoms with E-state index in [2.05, 4.69) is 15.3 Å². The summed E-state index contributed by atoms with van der Waals surface area (Å²) in [5.41, 5.74) is 0.929. The van der Waals surface area contributed by atoms with Crippen LogP contribution >= 0.6 is 0 Å². The van der Waals surface area contributed by atoms with Crippen molar-refractivity contribution in [1.82, 2.24) is 15.3 Å². The fraction of sp³-hybridized carbons (Fsp3) is 0.333. The highest BCUT2D eigenvalue weighted by Gasteiger charge is 2.17. The molecular formula is C12H13N3O. The molecule has 0 saturated carbocycles.